The van der Waals surface area contributed by atoms with E-state index in [9.17, 15) is 4.79 Å². The number of morpholine rings is 1. The number of aromatic nitrogens is 2. The second-order valence-corrected chi connectivity index (χ2v) is 9.34. The van der Waals surface area contributed by atoms with Gasteiger partial charge in [-0.05, 0) is 37.1 Å². The van der Waals surface area contributed by atoms with Gasteiger partial charge < -0.3 is 14.4 Å². The van der Waals surface area contributed by atoms with E-state index < -0.39 is 0 Å². The van der Waals surface area contributed by atoms with Crippen LogP contribution in [0.2, 0.25) is 0 Å². The minimum absolute atomic E-state index is 0.157. The van der Waals surface area contributed by atoms with Gasteiger partial charge in [0, 0.05) is 36.5 Å². The van der Waals surface area contributed by atoms with Crippen LogP contribution in [-0.2, 0) is 4.74 Å². The van der Waals surface area contributed by atoms with Crippen molar-refractivity contribution in [1.29, 1.82) is 0 Å². The third-order valence-corrected chi connectivity index (χ3v) is 7.34. The number of benzene rings is 1. The highest BCUT2D eigenvalue weighted by atomic mass is 32.1. The van der Waals surface area contributed by atoms with E-state index in [0.29, 0.717) is 35.6 Å². The van der Waals surface area contributed by atoms with Crippen molar-refractivity contribution in [1.82, 2.24) is 9.97 Å². The van der Waals surface area contributed by atoms with E-state index in [2.05, 4.69) is 21.3 Å². The van der Waals surface area contributed by atoms with Crippen LogP contribution in [0.1, 0.15) is 54.1 Å². The van der Waals surface area contributed by atoms with Crippen LogP contribution in [0.25, 0.3) is 10.2 Å². The Balaban J connectivity index is 1.41. The van der Waals surface area contributed by atoms with E-state index in [1.54, 1.807) is 19.4 Å². The molecule has 1 saturated carbocycles. The number of nitrogens with zero attached hydrogens (tertiary/aromatic N) is 3. The first-order valence-electron chi connectivity index (χ1n) is 11.3. The summed E-state index contributed by atoms with van der Waals surface area (Å²) in [6.07, 6.45) is 7.82. The lowest BCUT2D eigenvalue weighted by atomic mass is 9.86. The lowest BCUT2D eigenvalue weighted by Gasteiger charge is -2.29. The first-order valence-corrected chi connectivity index (χ1v) is 12.1. The quantitative estimate of drug-likeness (QED) is 0.597. The van der Waals surface area contributed by atoms with Gasteiger partial charge in [0.15, 0.2) is 5.13 Å². The summed E-state index contributed by atoms with van der Waals surface area (Å²) < 4.78 is 12.0. The summed E-state index contributed by atoms with van der Waals surface area (Å²) in [7, 11) is 1.64. The molecule has 32 heavy (non-hydrogen) atoms. The van der Waals surface area contributed by atoms with Crippen molar-refractivity contribution in [2.45, 2.75) is 38.0 Å². The number of ether oxygens (including phenoxy) is 2. The standard InChI is InChI=1S/C24H28N4O3S/c1-30-20-8-7-19(28-11-13-31-14-12-28)22-21(20)26-24(32-22)27-23(29)17-9-10-25-18(15-17)16-5-3-2-4-6-16/h7-10,15-16H,2-6,11-14H2,1H3,(H,26,27,29). The maximum atomic E-state index is 13.0. The highest BCUT2D eigenvalue weighted by Crippen LogP contribution is 2.40. The first kappa shape index (κ1) is 21.2. The summed E-state index contributed by atoms with van der Waals surface area (Å²) in [5, 5.41) is 3.57. The second kappa shape index (κ2) is 9.42. The van der Waals surface area contributed by atoms with E-state index in [1.807, 2.05) is 12.1 Å². The van der Waals surface area contributed by atoms with E-state index >= 15 is 0 Å². The minimum atomic E-state index is -0.157. The van der Waals surface area contributed by atoms with Gasteiger partial charge in [-0.2, -0.15) is 0 Å². The molecule has 1 amide bonds. The van der Waals surface area contributed by atoms with Gasteiger partial charge in [0.1, 0.15) is 11.3 Å². The van der Waals surface area contributed by atoms with Crippen LogP contribution in [0, 0.1) is 0 Å². The van der Waals surface area contributed by atoms with Gasteiger partial charge in [-0.3, -0.25) is 15.1 Å². The molecule has 168 valence electrons. The summed E-state index contributed by atoms with van der Waals surface area (Å²) in [5.74, 6) is 1.01. The highest BCUT2D eigenvalue weighted by Gasteiger charge is 2.21. The van der Waals surface area contributed by atoms with Crippen LogP contribution in [0.3, 0.4) is 0 Å². The number of thiazole rings is 1. The molecule has 2 fully saturated rings. The number of carbonyl (C=O) groups is 1. The second-order valence-electron chi connectivity index (χ2n) is 8.34. The molecular weight excluding hydrogens is 424 g/mol. The summed E-state index contributed by atoms with van der Waals surface area (Å²) in [4.78, 5) is 24.6. The molecule has 0 atom stereocenters. The van der Waals surface area contributed by atoms with Crippen LogP contribution in [0.5, 0.6) is 5.75 Å². The molecule has 2 aromatic heterocycles. The number of rotatable bonds is 5. The molecule has 7 nitrogen and oxygen atoms in total. The number of pyridine rings is 1. The predicted octanol–water partition coefficient (Wildman–Crippen LogP) is 4.84. The Hall–Kier alpha value is -2.71. The number of carbonyl (C=O) groups excluding carboxylic acids is 1. The van der Waals surface area contributed by atoms with Gasteiger partial charge in [0.25, 0.3) is 5.91 Å². The van der Waals surface area contributed by atoms with Crippen LogP contribution < -0.4 is 15.0 Å². The number of methoxy groups -OCH3 is 1. The van der Waals surface area contributed by atoms with Gasteiger partial charge in [-0.25, -0.2) is 4.98 Å². The van der Waals surface area contributed by atoms with Gasteiger partial charge >= 0.3 is 0 Å². The summed E-state index contributed by atoms with van der Waals surface area (Å²) >= 11 is 1.48. The van der Waals surface area contributed by atoms with Crippen molar-refractivity contribution in [2.75, 3.05) is 43.6 Å². The van der Waals surface area contributed by atoms with E-state index in [4.69, 9.17) is 14.5 Å². The largest absolute Gasteiger partial charge is 0.494 e. The average Bonchev–Trinajstić information content (AvgIpc) is 3.28. The van der Waals surface area contributed by atoms with Crippen molar-refractivity contribution in [3.8, 4) is 5.75 Å². The molecule has 8 heteroatoms. The molecule has 0 spiro atoms. The summed E-state index contributed by atoms with van der Waals surface area (Å²) in [6, 6.07) is 7.72. The molecule has 5 rings (SSSR count). The minimum Gasteiger partial charge on any atom is -0.494 e. The molecule has 1 aliphatic heterocycles. The molecular formula is C24H28N4O3S. The third-order valence-electron chi connectivity index (χ3n) is 6.34. The molecule has 1 aromatic carbocycles. The van der Waals surface area contributed by atoms with E-state index in [0.717, 1.165) is 47.5 Å². The zero-order valence-corrected chi connectivity index (χ0v) is 19.1. The smallest absolute Gasteiger partial charge is 0.257 e. The number of fused-ring (bicyclic) bond motifs is 1. The van der Waals surface area contributed by atoms with E-state index in [-0.39, 0.29) is 5.91 Å². The van der Waals surface area contributed by atoms with Gasteiger partial charge in [-0.1, -0.05) is 30.6 Å². The highest BCUT2D eigenvalue weighted by molar-refractivity contribution is 7.23. The Labute approximate surface area is 191 Å². The van der Waals surface area contributed by atoms with Crippen molar-refractivity contribution in [2.24, 2.45) is 0 Å². The fraction of sp³-hybridized carbons (Fsp3) is 0.458. The number of nitrogens with one attached hydrogen (secondary N) is 1. The Bertz CT molecular complexity index is 1100. The topological polar surface area (TPSA) is 76.6 Å². The van der Waals surface area contributed by atoms with Gasteiger partial charge in [0.2, 0.25) is 0 Å². The van der Waals surface area contributed by atoms with Crippen LogP contribution in [0.4, 0.5) is 10.8 Å². The fourth-order valence-corrected chi connectivity index (χ4v) is 5.64. The molecule has 1 saturated heterocycles. The molecule has 3 heterocycles. The Morgan fingerprint density at radius 1 is 1.19 bits per heavy atom. The Kier molecular flexibility index (Phi) is 6.23. The number of hydrogen-bond acceptors (Lipinski definition) is 7. The van der Waals surface area contributed by atoms with Crippen LogP contribution in [-0.4, -0.2) is 49.3 Å². The predicted molar refractivity (Wildman–Crippen MR) is 127 cm³/mol. The Morgan fingerprint density at radius 3 is 2.78 bits per heavy atom. The molecule has 0 radical (unpaired) electrons. The Morgan fingerprint density at radius 2 is 2.00 bits per heavy atom. The maximum Gasteiger partial charge on any atom is 0.257 e. The average molecular weight is 453 g/mol. The normalized spacial score (nSPS) is 17.5. The van der Waals surface area contributed by atoms with Crippen molar-refractivity contribution < 1.29 is 14.3 Å². The van der Waals surface area contributed by atoms with E-state index in [1.165, 1.54) is 30.6 Å². The first-order chi connectivity index (χ1) is 15.7. The molecule has 3 aromatic rings. The molecule has 1 aliphatic carbocycles. The lowest BCUT2D eigenvalue weighted by molar-refractivity contribution is 0.102. The lowest BCUT2D eigenvalue weighted by Crippen LogP contribution is -2.36. The molecule has 0 bridgehead atoms. The zero-order chi connectivity index (χ0) is 21.9. The monoisotopic (exact) mass is 452 g/mol. The van der Waals surface area contributed by atoms with Crippen molar-refractivity contribution in [3.05, 3.63) is 41.7 Å². The zero-order valence-electron chi connectivity index (χ0n) is 18.3. The van der Waals surface area contributed by atoms with Crippen molar-refractivity contribution >= 4 is 38.3 Å². The third kappa shape index (κ3) is 4.29. The fourth-order valence-electron chi connectivity index (χ4n) is 4.62. The van der Waals surface area contributed by atoms with Gasteiger partial charge in [-0.15, -0.1) is 0 Å². The SMILES string of the molecule is COc1ccc(N2CCOCC2)c2sc(NC(=O)c3ccnc(C4CCCCC4)c3)nc12. The summed E-state index contributed by atoms with van der Waals surface area (Å²) in [6.45, 7) is 3.09. The van der Waals surface area contributed by atoms with Crippen LogP contribution in [0.15, 0.2) is 30.5 Å². The van der Waals surface area contributed by atoms with Crippen molar-refractivity contribution in [3.63, 3.8) is 0 Å². The van der Waals surface area contributed by atoms with Gasteiger partial charge in [0.05, 0.1) is 30.7 Å². The number of amides is 1. The molecule has 1 N–H and O–H groups in total. The number of anilines is 2. The molecule has 0 unspecified atom stereocenters. The number of hydrogen-bond donors (Lipinski definition) is 1. The van der Waals surface area contributed by atoms with Crippen LogP contribution >= 0.6 is 11.3 Å². The summed E-state index contributed by atoms with van der Waals surface area (Å²) in [5.41, 5.74) is 3.53. The maximum absolute atomic E-state index is 13.0. The molecule has 2 aliphatic rings.